The summed E-state index contributed by atoms with van der Waals surface area (Å²) in [6.07, 6.45) is 0. The first-order valence-electron chi connectivity index (χ1n) is 6.58. The zero-order valence-corrected chi connectivity index (χ0v) is 14.1. The summed E-state index contributed by atoms with van der Waals surface area (Å²) in [5, 5.41) is 4.27. The van der Waals surface area contributed by atoms with E-state index in [1.807, 2.05) is 0 Å². The average Bonchev–Trinajstić information content (AvgIpc) is 2.96. The van der Waals surface area contributed by atoms with Crippen molar-refractivity contribution in [3.63, 3.8) is 0 Å². The topological polar surface area (TPSA) is 96.4 Å². The molecular formula is C14H15N3O4S2. The minimum Gasteiger partial charge on any atom is -0.301 e. The molecular weight excluding hydrogens is 338 g/mol. The fourth-order valence-electron chi connectivity index (χ4n) is 1.71. The highest BCUT2D eigenvalue weighted by Crippen LogP contribution is 2.17. The van der Waals surface area contributed by atoms with Crippen molar-refractivity contribution in [2.45, 2.75) is 11.8 Å². The van der Waals surface area contributed by atoms with E-state index in [0.29, 0.717) is 0 Å². The van der Waals surface area contributed by atoms with Gasteiger partial charge in [-0.15, -0.1) is 11.3 Å². The van der Waals surface area contributed by atoms with Crippen molar-refractivity contribution < 1.29 is 18.0 Å². The lowest BCUT2D eigenvalue weighted by atomic mass is 10.4. The standard InChI is InChI=1S/C14H15N3O4S2/c1-10(18)12-9-22-14(15-12)16-13(19)8-17(2)23(20,21)11-6-4-3-5-7-11/h3-7,9H,8H2,1-2H3,(H,15,16,19). The SMILES string of the molecule is CC(=O)c1csc(NC(=O)CN(C)S(=O)(=O)c2ccccc2)n1. The first-order valence-corrected chi connectivity index (χ1v) is 8.90. The van der Waals surface area contributed by atoms with E-state index in [1.165, 1.54) is 31.5 Å². The number of ketones is 1. The van der Waals surface area contributed by atoms with E-state index in [4.69, 9.17) is 0 Å². The molecule has 0 saturated heterocycles. The minimum atomic E-state index is -3.73. The normalized spacial score (nSPS) is 11.4. The van der Waals surface area contributed by atoms with Gasteiger partial charge in [0.05, 0.1) is 11.4 Å². The van der Waals surface area contributed by atoms with Crippen molar-refractivity contribution in [3.05, 3.63) is 41.4 Å². The average molecular weight is 353 g/mol. The molecule has 9 heteroatoms. The first-order chi connectivity index (χ1) is 10.8. The molecule has 1 heterocycles. The molecule has 0 atom stereocenters. The van der Waals surface area contributed by atoms with Crippen LogP contribution in [0.15, 0.2) is 40.6 Å². The van der Waals surface area contributed by atoms with Crippen molar-refractivity contribution in [2.75, 3.05) is 18.9 Å². The van der Waals surface area contributed by atoms with Crippen LogP contribution in [0.3, 0.4) is 0 Å². The molecule has 0 aliphatic heterocycles. The van der Waals surface area contributed by atoms with Gasteiger partial charge in [0, 0.05) is 19.4 Å². The number of amides is 1. The van der Waals surface area contributed by atoms with Gasteiger partial charge in [-0.2, -0.15) is 4.31 Å². The van der Waals surface area contributed by atoms with Crippen molar-refractivity contribution >= 4 is 38.2 Å². The first kappa shape index (κ1) is 17.3. The maximum Gasteiger partial charge on any atom is 0.243 e. The zero-order valence-electron chi connectivity index (χ0n) is 12.5. The molecule has 0 aliphatic rings. The second-order valence-corrected chi connectivity index (χ2v) is 7.62. The lowest BCUT2D eigenvalue weighted by Gasteiger charge is -2.16. The Labute approximate surface area is 138 Å². The Bertz CT molecular complexity index is 816. The van der Waals surface area contributed by atoms with Gasteiger partial charge in [0.25, 0.3) is 0 Å². The fourth-order valence-corrected chi connectivity index (χ4v) is 3.63. The molecule has 1 amide bonds. The smallest absolute Gasteiger partial charge is 0.243 e. The molecule has 2 rings (SSSR count). The summed E-state index contributed by atoms with van der Waals surface area (Å²) in [6.45, 7) is 1.02. The number of benzene rings is 1. The van der Waals surface area contributed by atoms with Crippen LogP contribution in [-0.4, -0.2) is 43.0 Å². The number of rotatable bonds is 6. The third-order valence-electron chi connectivity index (χ3n) is 2.93. The van der Waals surface area contributed by atoms with Gasteiger partial charge in [0.2, 0.25) is 15.9 Å². The van der Waals surface area contributed by atoms with E-state index >= 15 is 0 Å². The van der Waals surface area contributed by atoms with Crippen LogP contribution in [0.4, 0.5) is 5.13 Å². The van der Waals surface area contributed by atoms with Crippen molar-refractivity contribution in [1.82, 2.24) is 9.29 Å². The third-order valence-corrected chi connectivity index (χ3v) is 5.50. The maximum atomic E-state index is 12.3. The molecule has 7 nitrogen and oxygen atoms in total. The number of sulfonamides is 1. The lowest BCUT2D eigenvalue weighted by molar-refractivity contribution is -0.116. The van der Waals surface area contributed by atoms with Gasteiger partial charge in [-0.25, -0.2) is 13.4 Å². The maximum absolute atomic E-state index is 12.3. The highest BCUT2D eigenvalue weighted by molar-refractivity contribution is 7.89. The predicted molar refractivity (Wildman–Crippen MR) is 87.0 cm³/mol. The van der Waals surface area contributed by atoms with Crippen LogP contribution in [0, 0.1) is 0 Å². The van der Waals surface area contributed by atoms with Gasteiger partial charge in [-0.1, -0.05) is 18.2 Å². The Hall–Kier alpha value is -2.10. The third kappa shape index (κ3) is 4.21. The second-order valence-electron chi connectivity index (χ2n) is 4.72. The van der Waals surface area contributed by atoms with E-state index < -0.39 is 15.9 Å². The predicted octanol–water partition coefficient (Wildman–Crippen LogP) is 1.60. The molecule has 0 fully saturated rings. The van der Waals surface area contributed by atoms with Gasteiger partial charge in [-0.3, -0.25) is 9.59 Å². The van der Waals surface area contributed by atoms with Crippen LogP contribution in [-0.2, 0) is 14.8 Å². The minimum absolute atomic E-state index is 0.114. The molecule has 0 unspecified atom stereocenters. The quantitative estimate of drug-likeness (QED) is 0.796. The summed E-state index contributed by atoms with van der Waals surface area (Å²) in [4.78, 5) is 27.2. The van der Waals surface area contributed by atoms with Crippen LogP contribution in [0.1, 0.15) is 17.4 Å². The molecule has 0 saturated carbocycles. The number of Topliss-reactive ketones (excluding diaryl/α,β-unsaturated/α-hetero) is 1. The number of anilines is 1. The molecule has 23 heavy (non-hydrogen) atoms. The van der Waals surface area contributed by atoms with Crippen LogP contribution >= 0.6 is 11.3 Å². The van der Waals surface area contributed by atoms with E-state index in [1.54, 1.807) is 18.2 Å². The molecule has 0 spiro atoms. The van der Waals surface area contributed by atoms with Crippen molar-refractivity contribution in [2.24, 2.45) is 0 Å². The Morgan fingerprint density at radius 2 is 1.91 bits per heavy atom. The summed E-state index contributed by atoms with van der Waals surface area (Å²) < 4.78 is 25.6. The van der Waals surface area contributed by atoms with Crippen LogP contribution in [0.2, 0.25) is 0 Å². The second kappa shape index (κ2) is 6.99. The van der Waals surface area contributed by atoms with Crippen molar-refractivity contribution in [3.8, 4) is 0 Å². The lowest BCUT2D eigenvalue weighted by Crippen LogP contribution is -2.34. The molecule has 0 radical (unpaired) electrons. The Morgan fingerprint density at radius 1 is 1.26 bits per heavy atom. The van der Waals surface area contributed by atoms with Gasteiger partial charge in [0.15, 0.2) is 10.9 Å². The summed E-state index contributed by atoms with van der Waals surface area (Å²) in [5.74, 6) is -0.734. The van der Waals surface area contributed by atoms with E-state index in [-0.39, 0.29) is 28.0 Å². The highest BCUT2D eigenvalue weighted by Gasteiger charge is 2.23. The monoisotopic (exact) mass is 353 g/mol. The Balaban J connectivity index is 2.03. The number of aromatic nitrogens is 1. The molecule has 122 valence electrons. The molecule has 1 aromatic carbocycles. The number of thiazole rings is 1. The Morgan fingerprint density at radius 3 is 2.48 bits per heavy atom. The molecule has 0 aliphatic carbocycles. The summed E-state index contributed by atoms with van der Waals surface area (Å²) in [6, 6.07) is 7.85. The van der Waals surface area contributed by atoms with E-state index in [0.717, 1.165) is 15.6 Å². The van der Waals surface area contributed by atoms with Crippen LogP contribution in [0.25, 0.3) is 0 Å². The Kier molecular flexibility index (Phi) is 5.24. The number of hydrogen-bond donors (Lipinski definition) is 1. The molecule has 1 N–H and O–H groups in total. The summed E-state index contributed by atoms with van der Waals surface area (Å²) in [5.41, 5.74) is 0.260. The highest BCUT2D eigenvalue weighted by atomic mass is 32.2. The van der Waals surface area contributed by atoms with E-state index in [2.05, 4.69) is 10.3 Å². The van der Waals surface area contributed by atoms with Gasteiger partial charge < -0.3 is 5.32 Å². The van der Waals surface area contributed by atoms with Gasteiger partial charge >= 0.3 is 0 Å². The molecule has 0 bridgehead atoms. The van der Waals surface area contributed by atoms with Gasteiger partial charge in [-0.05, 0) is 12.1 Å². The summed E-state index contributed by atoms with van der Waals surface area (Å²) >= 11 is 1.11. The number of carbonyl (C=O) groups excluding carboxylic acids is 2. The number of carbonyl (C=O) groups is 2. The number of likely N-dealkylation sites (N-methyl/N-ethyl adjacent to an activating group) is 1. The number of hydrogen-bond acceptors (Lipinski definition) is 6. The molecule has 2 aromatic rings. The van der Waals surface area contributed by atoms with E-state index in [9.17, 15) is 18.0 Å². The fraction of sp³-hybridized carbons (Fsp3) is 0.214. The van der Waals surface area contributed by atoms with Gasteiger partial charge in [0.1, 0.15) is 5.69 Å². The number of nitrogens with one attached hydrogen (secondary N) is 1. The zero-order chi connectivity index (χ0) is 17.0. The largest absolute Gasteiger partial charge is 0.301 e. The van der Waals surface area contributed by atoms with Crippen LogP contribution < -0.4 is 5.32 Å². The summed E-state index contributed by atoms with van der Waals surface area (Å²) in [7, 11) is -2.41. The number of nitrogens with zero attached hydrogens (tertiary/aromatic N) is 2. The van der Waals surface area contributed by atoms with Crippen LogP contribution in [0.5, 0.6) is 0 Å². The molecule has 1 aromatic heterocycles. The van der Waals surface area contributed by atoms with Crippen molar-refractivity contribution in [1.29, 1.82) is 0 Å².